The molecule has 1 aromatic rings. The van der Waals surface area contributed by atoms with Crippen LogP contribution in [0.5, 0.6) is 0 Å². The van der Waals surface area contributed by atoms with Crippen molar-refractivity contribution >= 4 is 11.7 Å². The van der Waals surface area contributed by atoms with Gasteiger partial charge in [-0.25, -0.2) is 4.98 Å². The molecule has 0 bridgehead atoms. The number of carbonyl (C=O) groups is 1. The molecule has 0 atom stereocenters. The van der Waals surface area contributed by atoms with E-state index in [4.69, 9.17) is 5.11 Å². The third-order valence-electron chi connectivity index (χ3n) is 2.79. The third-order valence-corrected chi connectivity index (χ3v) is 2.79. The van der Waals surface area contributed by atoms with Crippen molar-refractivity contribution in [3.63, 3.8) is 0 Å². The molecule has 2 heterocycles. The number of piperidine rings is 1. The largest absolute Gasteiger partial charge is 0.395 e. The second-order valence-corrected chi connectivity index (χ2v) is 4.16. The standard InChI is InChI=1S/C14H16N2O2/c17-11-4-2-6-12-7-5-8-13(15-12)16-10-3-1-9-14(16)18/h5,7-8,17H,1,3-4,9-11H2. The zero-order valence-corrected chi connectivity index (χ0v) is 10.2. The second-order valence-electron chi connectivity index (χ2n) is 4.16. The monoisotopic (exact) mass is 244 g/mol. The van der Waals surface area contributed by atoms with E-state index in [-0.39, 0.29) is 12.5 Å². The molecule has 18 heavy (non-hydrogen) atoms. The van der Waals surface area contributed by atoms with Crippen molar-refractivity contribution in [3.8, 4) is 11.8 Å². The number of hydrogen-bond acceptors (Lipinski definition) is 3. The Morgan fingerprint density at radius 1 is 1.39 bits per heavy atom. The van der Waals surface area contributed by atoms with Gasteiger partial charge in [-0.1, -0.05) is 12.0 Å². The molecule has 0 spiro atoms. The van der Waals surface area contributed by atoms with E-state index in [1.807, 2.05) is 18.2 Å². The first-order chi connectivity index (χ1) is 8.81. The maximum absolute atomic E-state index is 11.8. The second kappa shape index (κ2) is 6.18. The molecule has 1 fully saturated rings. The molecule has 94 valence electrons. The van der Waals surface area contributed by atoms with Gasteiger partial charge in [0, 0.05) is 19.4 Å². The minimum absolute atomic E-state index is 0.0529. The van der Waals surface area contributed by atoms with E-state index in [0.717, 1.165) is 19.4 Å². The van der Waals surface area contributed by atoms with Gasteiger partial charge in [0.25, 0.3) is 0 Å². The summed E-state index contributed by atoms with van der Waals surface area (Å²) < 4.78 is 0. The van der Waals surface area contributed by atoms with Gasteiger partial charge in [-0.2, -0.15) is 0 Å². The van der Waals surface area contributed by atoms with Gasteiger partial charge in [0.05, 0.1) is 6.61 Å². The van der Waals surface area contributed by atoms with Crippen LogP contribution in [0.15, 0.2) is 18.2 Å². The molecule has 1 saturated heterocycles. The summed E-state index contributed by atoms with van der Waals surface area (Å²) in [6.45, 7) is 0.788. The fourth-order valence-electron chi connectivity index (χ4n) is 1.90. The summed E-state index contributed by atoms with van der Waals surface area (Å²) in [6, 6.07) is 5.50. The van der Waals surface area contributed by atoms with E-state index in [0.29, 0.717) is 24.4 Å². The van der Waals surface area contributed by atoms with Gasteiger partial charge < -0.3 is 5.11 Å². The van der Waals surface area contributed by atoms with Crippen molar-refractivity contribution in [2.75, 3.05) is 18.1 Å². The number of pyridine rings is 1. The molecule has 0 radical (unpaired) electrons. The molecule has 0 unspecified atom stereocenters. The van der Waals surface area contributed by atoms with Crippen LogP contribution in [0.3, 0.4) is 0 Å². The van der Waals surface area contributed by atoms with Gasteiger partial charge in [0.1, 0.15) is 11.5 Å². The zero-order valence-electron chi connectivity index (χ0n) is 10.2. The average Bonchev–Trinajstić information content (AvgIpc) is 2.40. The molecular weight excluding hydrogens is 228 g/mol. The van der Waals surface area contributed by atoms with Crippen molar-refractivity contribution < 1.29 is 9.90 Å². The van der Waals surface area contributed by atoms with E-state index < -0.39 is 0 Å². The Labute approximate surface area is 107 Å². The molecule has 4 nitrogen and oxygen atoms in total. The van der Waals surface area contributed by atoms with Crippen LogP contribution >= 0.6 is 0 Å². The number of carbonyl (C=O) groups excluding carboxylic acids is 1. The van der Waals surface area contributed by atoms with Crippen molar-refractivity contribution in [2.24, 2.45) is 0 Å². The maximum atomic E-state index is 11.8. The molecule has 1 aromatic heterocycles. The van der Waals surface area contributed by atoms with Crippen molar-refractivity contribution in [3.05, 3.63) is 23.9 Å². The summed E-state index contributed by atoms with van der Waals surface area (Å²) in [5.74, 6) is 6.52. The molecule has 2 rings (SSSR count). The van der Waals surface area contributed by atoms with Gasteiger partial charge in [0.15, 0.2) is 0 Å². The van der Waals surface area contributed by atoms with E-state index in [1.54, 1.807) is 4.90 Å². The van der Waals surface area contributed by atoms with E-state index in [9.17, 15) is 4.79 Å². The highest BCUT2D eigenvalue weighted by Gasteiger charge is 2.20. The number of hydrogen-bond donors (Lipinski definition) is 1. The van der Waals surface area contributed by atoms with E-state index >= 15 is 0 Å². The summed E-state index contributed by atoms with van der Waals surface area (Å²) in [5, 5.41) is 8.66. The number of aromatic nitrogens is 1. The first kappa shape index (κ1) is 12.6. The van der Waals surface area contributed by atoms with Crippen LogP contribution in [0.1, 0.15) is 31.4 Å². The predicted molar refractivity (Wildman–Crippen MR) is 69.0 cm³/mol. The molecule has 0 aromatic carbocycles. The molecule has 0 aliphatic carbocycles. The van der Waals surface area contributed by atoms with Crippen molar-refractivity contribution in [1.29, 1.82) is 0 Å². The zero-order chi connectivity index (χ0) is 12.8. The number of anilines is 1. The van der Waals surface area contributed by atoms with Crippen LogP contribution in [-0.2, 0) is 4.79 Å². The Morgan fingerprint density at radius 2 is 2.28 bits per heavy atom. The summed E-state index contributed by atoms with van der Waals surface area (Å²) in [7, 11) is 0. The highest BCUT2D eigenvalue weighted by atomic mass is 16.2. The van der Waals surface area contributed by atoms with E-state index in [2.05, 4.69) is 16.8 Å². The minimum Gasteiger partial charge on any atom is -0.395 e. The van der Waals surface area contributed by atoms with Crippen LogP contribution in [0.2, 0.25) is 0 Å². The lowest BCUT2D eigenvalue weighted by Gasteiger charge is -2.25. The minimum atomic E-state index is 0.0529. The van der Waals surface area contributed by atoms with Crippen LogP contribution in [0.25, 0.3) is 0 Å². The number of rotatable bonds is 2. The predicted octanol–water partition coefficient (Wildman–Crippen LogP) is 1.33. The van der Waals surface area contributed by atoms with Crippen molar-refractivity contribution in [2.45, 2.75) is 25.7 Å². The molecular formula is C14H16N2O2. The number of aliphatic hydroxyl groups is 1. The Kier molecular flexibility index (Phi) is 4.32. The summed E-state index contributed by atoms with van der Waals surface area (Å²) in [4.78, 5) is 17.9. The Hall–Kier alpha value is -1.86. The highest BCUT2D eigenvalue weighted by Crippen LogP contribution is 2.18. The fraction of sp³-hybridized carbons (Fsp3) is 0.429. The molecule has 0 saturated carbocycles. The Bertz CT molecular complexity index is 488. The smallest absolute Gasteiger partial charge is 0.228 e. The first-order valence-corrected chi connectivity index (χ1v) is 6.18. The third kappa shape index (κ3) is 3.08. The fourth-order valence-corrected chi connectivity index (χ4v) is 1.90. The summed E-state index contributed by atoms with van der Waals surface area (Å²) in [6.07, 6.45) is 3.02. The van der Waals surface area contributed by atoms with Crippen LogP contribution in [-0.4, -0.2) is 29.1 Å². The molecule has 1 aliphatic rings. The molecule has 4 heteroatoms. The SMILES string of the molecule is O=C1CCCCN1c1cccc(C#CCCO)n1. The normalized spacial score (nSPS) is 15.2. The first-order valence-electron chi connectivity index (χ1n) is 6.18. The van der Waals surface area contributed by atoms with Gasteiger partial charge in [-0.3, -0.25) is 9.69 Å². The van der Waals surface area contributed by atoms with Gasteiger partial charge in [-0.15, -0.1) is 0 Å². The van der Waals surface area contributed by atoms with Gasteiger partial charge in [-0.05, 0) is 30.9 Å². The van der Waals surface area contributed by atoms with E-state index in [1.165, 1.54) is 0 Å². The summed E-state index contributed by atoms with van der Waals surface area (Å²) >= 11 is 0. The van der Waals surface area contributed by atoms with Gasteiger partial charge >= 0.3 is 0 Å². The molecule has 1 N–H and O–H groups in total. The molecule has 1 amide bonds. The number of nitrogens with zero attached hydrogens (tertiary/aromatic N) is 2. The highest BCUT2D eigenvalue weighted by molar-refractivity contribution is 5.93. The number of aliphatic hydroxyl groups excluding tert-OH is 1. The van der Waals surface area contributed by atoms with Crippen molar-refractivity contribution in [1.82, 2.24) is 4.98 Å². The quantitative estimate of drug-likeness (QED) is 0.799. The Balaban J connectivity index is 2.16. The molecule has 1 aliphatic heterocycles. The lowest BCUT2D eigenvalue weighted by molar-refractivity contribution is -0.119. The Morgan fingerprint density at radius 3 is 3.06 bits per heavy atom. The van der Waals surface area contributed by atoms with Crippen LogP contribution in [0.4, 0.5) is 5.82 Å². The topological polar surface area (TPSA) is 53.4 Å². The van der Waals surface area contributed by atoms with Crippen LogP contribution < -0.4 is 4.90 Å². The maximum Gasteiger partial charge on any atom is 0.228 e. The lowest BCUT2D eigenvalue weighted by Crippen LogP contribution is -2.35. The van der Waals surface area contributed by atoms with Gasteiger partial charge in [0.2, 0.25) is 5.91 Å². The number of amides is 1. The average molecular weight is 244 g/mol. The van der Waals surface area contributed by atoms with Crippen LogP contribution in [0, 0.1) is 11.8 Å². The summed E-state index contributed by atoms with van der Waals surface area (Å²) in [5.41, 5.74) is 0.638. The lowest BCUT2D eigenvalue weighted by atomic mass is 10.1.